The Morgan fingerprint density at radius 2 is 1.87 bits per heavy atom. The van der Waals surface area contributed by atoms with E-state index in [4.69, 9.17) is 0 Å². The van der Waals surface area contributed by atoms with Gasteiger partial charge in [0.2, 0.25) is 0 Å². The van der Waals surface area contributed by atoms with E-state index in [1.54, 1.807) is 0 Å². The second kappa shape index (κ2) is 3.76. The molecule has 2 rings (SSSR count). The highest BCUT2D eigenvalue weighted by molar-refractivity contribution is 6.01. The molecule has 0 fully saturated rings. The van der Waals surface area contributed by atoms with Crippen LogP contribution < -0.4 is 0 Å². The van der Waals surface area contributed by atoms with Crippen molar-refractivity contribution in [2.75, 3.05) is 0 Å². The van der Waals surface area contributed by atoms with Crippen LogP contribution in [0, 0.1) is 17.8 Å². The lowest BCUT2D eigenvalue weighted by Crippen LogP contribution is -2.15. The Morgan fingerprint density at radius 1 is 1.13 bits per heavy atom. The van der Waals surface area contributed by atoms with Crippen LogP contribution in [0.1, 0.15) is 27.7 Å². The number of nitrogens with zero attached hydrogens (tertiary/aromatic N) is 2. The minimum atomic E-state index is 0.340. The minimum Gasteiger partial charge on any atom is -0.240 e. The number of hydrogen-bond acceptors (Lipinski definition) is 2. The van der Waals surface area contributed by atoms with Gasteiger partial charge < -0.3 is 0 Å². The third kappa shape index (κ3) is 1.69. The van der Waals surface area contributed by atoms with Gasteiger partial charge in [0.25, 0.3) is 0 Å². The van der Waals surface area contributed by atoms with Gasteiger partial charge in [-0.1, -0.05) is 33.8 Å². The molecule has 2 aliphatic heterocycles. The van der Waals surface area contributed by atoms with Crippen LogP contribution in [0.4, 0.5) is 0 Å². The predicted octanol–water partition coefficient (Wildman–Crippen LogP) is 3.22. The van der Waals surface area contributed by atoms with Crippen molar-refractivity contribution in [3.63, 3.8) is 0 Å². The van der Waals surface area contributed by atoms with Gasteiger partial charge in [0.1, 0.15) is 5.84 Å². The molecule has 80 valence electrons. The van der Waals surface area contributed by atoms with Crippen LogP contribution in [0.2, 0.25) is 0 Å². The zero-order valence-electron chi connectivity index (χ0n) is 9.86. The molecule has 0 spiro atoms. The van der Waals surface area contributed by atoms with Crippen molar-refractivity contribution in [3.8, 4) is 0 Å². The van der Waals surface area contributed by atoms with Crippen molar-refractivity contribution >= 4 is 12.1 Å². The first-order chi connectivity index (χ1) is 7.11. The monoisotopic (exact) mass is 202 g/mol. The van der Waals surface area contributed by atoms with Crippen LogP contribution in [-0.2, 0) is 0 Å². The lowest BCUT2D eigenvalue weighted by atomic mass is 9.86. The number of allylic oxidation sites excluding steroid dienone is 2. The molecule has 0 N–H and O–H groups in total. The molecular formula is C13H18N2. The van der Waals surface area contributed by atoms with Gasteiger partial charge in [-0.3, -0.25) is 0 Å². The van der Waals surface area contributed by atoms with Gasteiger partial charge in [0.15, 0.2) is 0 Å². The number of amidine groups is 1. The van der Waals surface area contributed by atoms with Crippen LogP contribution in [0.3, 0.4) is 0 Å². The number of aliphatic imine (C=N–C) groups is 2. The Kier molecular flexibility index (Phi) is 2.59. The molecule has 0 aliphatic carbocycles. The molecule has 1 unspecified atom stereocenters. The van der Waals surface area contributed by atoms with Gasteiger partial charge in [0, 0.05) is 11.9 Å². The molecule has 2 heteroatoms. The molecule has 0 bridgehead atoms. The van der Waals surface area contributed by atoms with Crippen LogP contribution in [0.5, 0.6) is 0 Å². The zero-order chi connectivity index (χ0) is 11.0. The highest BCUT2D eigenvalue weighted by Crippen LogP contribution is 2.37. The zero-order valence-corrected chi connectivity index (χ0v) is 9.86. The molecule has 0 aromatic heterocycles. The molecule has 0 aromatic carbocycles. The molecular weight excluding hydrogens is 184 g/mol. The van der Waals surface area contributed by atoms with E-state index in [0.29, 0.717) is 17.8 Å². The fourth-order valence-corrected chi connectivity index (χ4v) is 2.25. The fraction of sp³-hybridized carbons (Fsp3) is 0.538. The molecule has 2 aliphatic rings. The Labute approximate surface area is 91.5 Å². The first-order valence-corrected chi connectivity index (χ1v) is 5.64. The summed E-state index contributed by atoms with van der Waals surface area (Å²) in [5.41, 5.74) is 2.70. The van der Waals surface area contributed by atoms with Crippen molar-refractivity contribution in [2.45, 2.75) is 27.7 Å². The molecule has 15 heavy (non-hydrogen) atoms. The molecule has 2 heterocycles. The molecule has 0 saturated heterocycles. The van der Waals surface area contributed by atoms with E-state index in [1.165, 1.54) is 11.3 Å². The summed E-state index contributed by atoms with van der Waals surface area (Å²) in [4.78, 5) is 9.01. The standard InChI is InChI=1S/C13H18N2/c1-8(2)11-10-6-5-7-14-13(10)15-12(11)9(3)4/h5-10H,1-4H3. The van der Waals surface area contributed by atoms with Crippen molar-refractivity contribution in [1.29, 1.82) is 0 Å². The number of hydrogen-bond donors (Lipinski definition) is 0. The first kappa shape index (κ1) is 10.3. The van der Waals surface area contributed by atoms with E-state index < -0.39 is 0 Å². The van der Waals surface area contributed by atoms with Gasteiger partial charge >= 0.3 is 0 Å². The molecule has 2 nitrogen and oxygen atoms in total. The van der Waals surface area contributed by atoms with E-state index in [9.17, 15) is 0 Å². The average molecular weight is 202 g/mol. The van der Waals surface area contributed by atoms with E-state index in [-0.39, 0.29) is 0 Å². The largest absolute Gasteiger partial charge is 0.240 e. The normalized spacial score (nSPS) is 24.1. The number of fused-ring (bicyclic) bond motifs is 1. The van der Waals surface area contributed by atoms with E-state index in [2.05, 4.69) is 43.8 Å². The fourth-order valence-electron chi connectivity index (χ4n) is 2.25. The van der Waals surface area contributed by atoms with Crippen molar-refractivity contribution < 1.29 is 0 Å². The average Bonchev–Trinajstić information content (AvgIpc) is 2.56. The van der Waals surface area contributed by atoms with E-state index >= 15 is 0 Å². The summed E-state index contributed by atoms with van der Waals surface area (Å²) < 4.78 is 0. The highest BCUT2D eigenvalue weighted by atomic mass is 15.0. The maximum Gasteiger partial charge on any atom is 0.139 e. The van der Waals surface area contributed by atoms with Crippen LogP contribution in [0.25, 0.3) is 0 Å². The number of dihydropyridines is 1. The second-order valence-electron chi connectivity index (χ2n) is 4.76. The summed E-state index contributed by atoms with van der Waals surface area (Å²) in [6.07, 6.45) is 6.06. The van der Waals surface area contributed by atoms with Gasteiger partial charge in [-0.2, -0.15) is 0 Å². The molecule has 1 atom stereocenters. The first-order valence-electron chi connectivity index (χ1n) is 5.64. The van der Waals surface area contributed by atoms with Gasteiger partial charge in [-0.15, -0.1) is 0 Å². The van der Waals surface area contributed by atoms with E-state index in [1.807, 2.05) is 12.3 Å². The van der Waals surface area contributed by atoms with Crippen molar-refractivity contribution in [3.05, 3.63) is 23.4 Å². The Morgan fingerprint density at radius 3 is 2.47 bits per heavy atom. The lowest BCUT2D eigenvalue weighted by molar-refractivity contribution is 0.664. The third-order valence-electron chi connectivity index (χ3n) is 2.91. The van der Waals surface area contributed by atoms with Gasteiger partial charge in [0.05, 0.1) is 5.92 Å². The van der Waals surface area contributed by atoms with Gasteiger partial charge in [-0.25, -0.2) is 9.98 Å². The van der Waals surface area contributed by atoms with Gasteiger partial charge in [-0.05, 0) is 23.5 Å². The highest BCUT2D eigenvalue weighted by Gasteiger charge is 2.31. The summed E-state index contributed by atoms with van der Waals surface area (Å²) in [5, 5.41) is 0. The predicted molar refractivity (Wildman–Crippen MR) is 65.3 cm³/mol. The summed E-state index contributed by atoms with van der Waals surface area (Å²) in [5.74, 6) is 2.35. The van der Waals surface area contributed by atoms with Crippen LogP contribution in [-0.4, -0.2) is 12.1 Å². The summed E-state index contributed by atoms with van der Waals surface area (Å²) in [7, 11) is 0. The maximum absolute atomic E-state index is 4.66. The quantitative estimate of drug-likeness (QED) is 0.657. The smallest absolute Gasteiger partial charge is 0.139 e. The molecule has 0 amide bonds. The SMILES string of the molecule is CC(C)C1=C(C(C)C)C2C=CC=NC2=N1. The Hall–Kier alpha value is -1.18. The summed E-state index contributed by atoms with van der Waals surface area (Å²) in [6.45, 7) is 8.88. The van der Waals surface area contributed by atoms with Crippen molar-refractivity contribution in [2.24, 2.45) is 27.7 Å². The van der Waals surface area contributed by atoms with E-state index in [0.717, 1.165) is 5.84 Å². The summed E-state index contributed by atoms with van der Waals surface area (Å²) in [6, 6.07) is 0. The Bertz CT molecular complexity index is 381. The van der Waals surface area contributed by atoms with Crippen molar-refractivity contribution in [1.82, 2.24) is 0 Å². The third-order valence-corrected chi connectivity index (χ3v) is 2.91. The maximum atomic E-state index is 4.66. The molecule has 0 saturated carbocycles. The Balaban J connectivity index is 2.44. The molecule has 0 aromatic rings. The second-order valence-corrected chi connectivity index (χ2v) is 4.76. The minimum absolute atomic E-state index is 0.340. The topological polar surface area (TPSA) is 24.7 Å². The van der Waals surface area contributed by atoms with Crippen LogP contribution in [0.15, 0.2) is 33.4 Å². The molecule has 0 radical (unpaired) electrons. The lowest BCUT2D eigenvalue weighted by Gasteiger charge is -2.18. The summed E-state index contributed by atoms with van der Waals surface area (Å²) >= 11 is 0. The van der Waals surface area contributed by atoms with Crippen LogP contribution >= 0.6 is 0 Å². The number of rotatable bonds is 2.